The second-order valence-electron chi connectivity index (χ2n) is 35.0. The van der Waals surface area contributed by atoms with Crippen LogP contribution in [0.2, 0.25) is 0 Å². The molecule has 0 radical (unpaired) electrons. The molecule has 10 rings (SSSR count). The second-order valence-corrected chi connectivity index (χ2v) is 39.2. The molecule has 36 heteroatoms. The van der Waals surface area contributed by atoms with Crippen molar-refractivity contribution in [2.45, 2.75) is 153 Å². The van der Waals surface area contributed by atoms with Crippen LogP contribution in [0.1, 0.15) is 163 Å². The van der Waals surface area contributed by atoms with Crippen molar-refractivity contribution in [3.05, 3.63) is 211 Å². The number of alkyl halides is 9. The highest BCUT2D eigenvalue weighted by atomic mass is 32.2. The normalized spacial score (nSPS) is 13.6. The Morgan fingerprint density at radius 3 is 0.600 bits per heavy atom. The molecule has 0 spiro atoms. The Morgan fingerprint density at radius 2 is 0.483 bits per heavy atom. The molecular formula is C84H108F9N9O15S3. The highest BCUT2D eigenvalue weighted by Gasteiger charge is 2.39. The van der Waals surface area contributed by atoms with Gasteiger partial charge in [-0.15, -0.1) is 0 Å². The van der Waals surface area contributed by atoms with E-state index in [2.05, 4.69) is 199 Å². The van der Waals surface area contributed by atoms with Crippen LogP contribution in [0.25, 0.3) is 0 Å². The number of ether oxygens (including phenoxy) is 6. The lowest BCUT2D eigenvalue weighted by Gasteiger charge is -2.29. The van der Waals surface area contributed by atoms with E-state index in [9.17, 15) is 39.5 Å². The molecule has 0 fully saturated rings. The monoisotopic (exact) mass is 1750 g/mol. The standard InChI is InChI=1S/C81H108N9O6.3CHF3O3S/c1-79(2,3)64-37-52-31-58-43-67(88(13,14)15)45-60(73(58)91-22)33-54-39-65(80(4,5)6)41-56(77(54)95-50-71-83-26-29-86(71)11)35-62-47-69(90(19,20)21)48-63(75(62)93-24)36-57-42-66(81(7,8)9)40-55(78(57)96-51-72-84-27-30-87(72)12)34-61-46-68(89(16,17)18)44-59(74(61)92-23)32-53(38-64)76(52)94-49-70-82-25-28-85(70)10;3*2-1(3,4)8(5,6)7/h25-30,37-48H,31-36,49-51H2,1-24H3;3*(H,5,6,7)/q+3;;;/p-3. The maximum Gasteiger partial charge on any atom is 0.485 e. The maximum atomic E-state index is 10.7. The van der Waals surface area contributed by atoms with Crippen molar-refractivity contribution in [1.82, 2.24) is 42.1 Å². The number of benzene rings is 6. The van der Waals surface area contributed by atoms with E-state index in [1.54, 1.807) is 0 Å². The van der Waals surface area contributed by atoms with Crippen LogP contribution in [0.4, 0.5) is 56.6 Å². The Morgan fingerprint density at radius 1 is 0.325 bits per heavy atom. The summed E-state index contributed by atoms with van der Waals surface area (Å²) in [4.78, 5) is 14.4. The molecule has 0 N–H and O–H groups in total. The minimum Gasteiger partial charge on any atom is -0.741 e. The smallest absolute Gasteiger partial charge is 0.485 e. The van der Waals surface area contributed by atoms with Gasteiger partial charge in [0.15, 0.2) is 30.4 Å². The summed E-state index contributed by atoms with van der Waals surface area (Å²) >= 11 is 0. The number of methoxy groups -OCH3 is 3. The molecule has 9 aromatic rings. The average Bonchev–Trinajstić information content (AvgIpc) is 0.780. The summed E-state index contributed by atoms with van der Waals surface area (Å²) in [5.41, 5.74) is 1.91. The summed E-state index contributed by atoms with van der Waals surface area (Å²) in [6, 6.07) is 28.2. The molecule has 0 saturated carbocycles. The van der Waals surface area contributed by atoms with Crippen LogP contribution in [-0.2, 0) is 126 Å². The van der Waals surface area contributed by atoms with E-state index in [-0.39, 0.29) is 36.1 Å². The Bertz CT molecular complexity index is 4840. The number of aryl methyl sites for hydroxylation is 3. The fourth-order valence-electron chi connectivity index (χ4n) is 13.1. The molecule has 0 atom stereocenters. The number of imidazole rings is 3. The topological polar surface area (TPSA) is 280 Å². The molecule has 3 heterocycles. The van der Waals surface area contributed by atoms with Crippen LogP contribution in [0, 0.1) is 0 Å². The Kier molecular flexibility index (Phi) is 29.7. The van der Waals surface area contributed by atoms with Crippen LogP contribution in [0.5, 0.6) is 34.5 Å². The van der Waals surface area contributed by atoms with Gasteiger partial charge in [-0.1, -0.05) is 98.7 Å². The van der Waals surface area contributed by atoms with Crippen LogP contribution >= 0.6 is 0 Å². The van der Waals surface area contributed by atoms with Crippen LogP contribution in [0.3, 0.4) is 0 Å². The van der Waals surface area contributed by atoms with Crippen molar-refractivity contribution in [2.24, 2.45) is 21.1 Å². The van der Waals surface area contributed by atoms with Gasteiger partial charge in [-0.3, -0.25) is 13.4 Å². The molecule has 0 saturated heterocycles. The van der Waals surface area contributed by atoms with Gasteiger partial charge in [-0.2, -0.15) is 39.5 Å². The maximum absolute atomic E-state index is 10.7. The lowest BCUT2D eigenvalue weighted by molar-refractivity contribution is -0.0522. The highest BCUT2D eigenvalue weighted by Crippen LogP contribution is 2.47. The number of fused-ring (bicyclic) bond motifs is 12. The third-order valence-electron chi connectivity index (χ3n) is 19.9. The van der Waals surface area contributed by atoms with Crippen molar-refractivity contribution in [3.8, 4) is 34.5 Å². The lowest BCUT2D eigenvalue weighted by atomic mass is 9.81. The number of hydrogen-bond donors (Lipinski definition) is 0. The molecule has 0 amide bonds. The number of nitrogens with zero attached hydrogens (tertiary/aromatic N) is 9. The van der Waals surface area contributed by atoms with Crippen molar-refractivity contribution in [2.75, 3.05) is 84.8 Å². The van der Waals surface area contributed by atoms with Crippen LogP contribution < -0.4 is 41.9 Å². The highest BCUT2D eigenvalue weighted by molar-refractivity contribution is 7.87. The first-order valence-corrected chi connectivity index (χ1v) is 41.8. The predicted molar refractivity (Wildman–Crippen MR) is 440 cm³/mol. The first kappa shape index (κ1) is 97.8. The van der Waals surface area contributed by atoms with Gasteiger partial charge in [0.2, 0.25) is 0 Å². The molecular weight excluding hydrogens is 1640 g/mol. The summed E-state index contributed by atoms with van der Waals surface area (Å²) < 4.78 is 227. The predicted octanol–water partition coefficient (Wildman–Crippen LogP) is 15.1. The van der Waals surface area contributed by atoms with Gasteiger partial charge in [0, 0.05) is 167 Å². The molecule has 6 aromatic carbocycles. The SMILES string of the molecule is COc1c2cc([N+](C)(C)C)cc1Cc1cc(C(C)(C)C)cc(c1OCc1nccn1C)Cc1cc([N+](C)(C)C)cc(c1OC)Cc1cc(C(C)(C)C)cc(c1OCc1nccn1C)Cc1cc([N+](C)(C)C)cc(c1OC)Cc1cc(C(C)(C)C)cc(c1OCc1nccn1C)C2.O=S(=O)([O-])C(F)(F)F.O=S(=O)([O-])C(F)(F)F.O=S(=O)([O-])C(F)(F)F. The molecule has 660 valence electrons. The van der Waals surface area contributed by atoms with E-state index in [1.165, 1.54) is 16.7 Å². The zero-order valence-electron chi connectivity index (χ0n) is 72.0. The summed E-state index contributed by atoms with van der Waals surface area (Å²) in [7, 11) is 13.4. The summed E-state index contributed by atoms with van der Waals surface area (Å²) in [5.74, 6) is 7.36. The fraction of sp³-hybridized carbons (Fsp3) is 0.464. The second kappa shape index (κ2) is 36.4. The minimum atomic E-state index is -6.09. The van der Waals surface area contributed by atoms with Crippen molar-refractivity contribution < 1.29 is 107 Å². The van der Waals surface area contributed by atoms with Gasteiger partial charge in [0.05, 0.1) is 84.8 Å². The Labute approximate surface area is 697 Å². The van der Waals surface area contributed by atoms with E-state index in [0.29, 0.717) is 52.0 Å². The third kappa shape index (κ3) is 25.0. The average molecular weight is 1750 g/mol. The van der Waals surface area contributed by atoms with E-state index < -0.39 is 46.9 Å². The Balaban J connectivity index is 0.000000719. The summed E-state index contributed by atoms with van der Waals surface area (Å²) in [6.07, 6.45) is 14.5. The van der Waals surface area contributed by atoms with E-state index in [4.69, 9.17) is 82.3 Å². The van der Waals surface area contributed by atoms with Crippen molar-refractivity contribution >= 4 is 47.4 Å². The molecule has 0 aliphatic heterocycles. The molecule has 1 aliphatic rings. The molecule has 3 aromatic heterocycles. The number of halogens is 9. The van der Waals surface area contributed by atoms with Gasteiger partial charge in [0.1, 0.15) is 88.9 Å². The van der Waals surface area contributed by atoms with E-state index in [1.807, 2.05) is 93.4 Å². The first-order chi connectivity index (χ1) is 54.7. The van der Waals surface area contributed by atoms with Crippen LogP contribution in [-0.4, -0.2) is 169 Å². The number of quaternary nitrogens is 3. The summed E-state index contributed by atoms with van der Waals surface area (Å²) in [6.45, 7) is 21.5. The summed E-state index contributed by atoms with van der Waals surface area (Å²) in [5, 5.41) is 0. The number of hydrogen-bond acceptors (Lipinski definition) is 18. The van der Waals surface area contributed by atoms with Gasteiger partial charge in [-0.05, 0) is 66.3 Å². The molecule has 120 heavy (non-hydrogen) atoms. The van der Waals surface area contributed by atoms with Crippen molar-refractivity contribution in [3.63, 3.8) is 0 Å². The number of rotatable bonds is 15. The largest absolute Gasteiger partial charge is 0.741 e. The van der Waals surface area contributed by atoms with E-state index >= 15 is 0 Å². The molecule has 12 bridgehead atoms. The first-order valence-electron chi connectivity index (χ1n) is 37.5. The van der Waals surface area contributed by atoms with Gasteiger partial charge in [0.25, 0.3) is 0 Å². The van der Waals surface area contributed by atoms with E-state index in [0.717, 1.165) is 136 Å². The number of aromatic nitrogens is 6. The van der Waals surface area contributed by atoms with Gasteiger partial charge >= 0.3 is 16.5 Å². The Hall–Kier alpha value is -9.27. The van der Waals surface area contributed by atoms with Crippen LogP contribution in [0.15, 0.2) is 110 Å². The zero-order valence-corrected chi connectivity index (χ0v) is 74.5. The lowest BCUT2D eigenvalue weighted by Crippen LogP contribution is -2.35. The quantitative estimate of drug-likeness (QED) is 0.0399. The molecule has 0 unspecified atom stereocenters. The zero-order chi connectivity index (χ0) is 90.8. The minimum absolute atomic E-state index is 0.247. The van der Waals surface area contributed by atoms with Crippen molar-refractivity contribution in [1.29, 1.82) is 0 Å². The third-order valence-corrected chi connectivity index (χ3v) is 21.6. The van der Waals surface area contributed by atoms with Gasteiger partial charge in [-0.25, -0.2) is 40.2 Å². The molecule has 24 nitrogen and oxygen atoms in total. The molecule has 1 aliphatic carbocycles. The van der Waals surface area contributed by atoms with Gasteiger partial charge < -0.3 is 55.8 Å². The fourth-order valence-corrected chi connectivity index (χ4v) is 13.1.